The quantitative estimate of drug-likeness (QED) is 0.848. The Morgan fingerprint density at radius 1 is 1.35 bits per heavy atom. The maximum Gasteiger partial charge on any atom is 0.311 e. The Kier molecular flexibility index (Phi) is 3.28. The van der Waals surface area contributed by atoms with Gasteiger partial charge in [-0.25, -0.2) is 0 Å². The second-order valence-electron chi connectivity index (χ2n) is 5.89. The minimum Gasteiger partial charge on any atom is -0.469 e. The second-order valence-corrected chi connectivity index (χ2v) is 5.89. The Labute approximate surface area is 118 Å². The Hall–Kier alpha value is -1.78. The lowest BCUT2D eigenvalue weighted by atomic mass is 9.84. The van der Waals surface area contributed by atoms with Crippen LogP contribution in [0.15, 0.2) is 18.3 Å². The summed E-state index contributed by atoms with van der Waals surface area (Å²) in [5.41, 5.74) is 0.622. The fourth-order valence-electron chi connectivity index (χ4n) is 3.90. The number of esters is 1. The van der Waals surface area contributed by atoms with Crippen molar-refractivity contribution in [3.8, 4) is 0 Å². The van der Waals surface area contributed by atoms with Crippen molar-refractivity contribution < 1.29 is 14.3 Å². The zero-order valence-corrected chi connectivity index (χ0v) is 11.8. The van der Waals surface area contributed by atoms with E-state index in [-0.39, 0.29) is 23.8 Å². The van der Waals surface area contributed by atoms with Gasteiger partial charge in [-0.15, -0.1) is 0 Å². The fourth-order valence-corrected chi connectivity index (χ4v) is 3.90. The third-order valence-electron chi connectivity index (χ3n) is 4.86. The van der Waals surface area contributed by atoms with Gasteiger partial charge in [0, 0.05) is 19.3 Å². The Morgan fingerprint density at radius 3 is 2.75 bits per heavy atom. The molecule has 2 saturated carbocycles. The molecule has 2 aliphatic rings. The lowest BCUT2D eigenvalue weighted by molar-refractivity contribution is -0.148. The molecule has 2 fully saturated rings. The lowest BCUT2D eigenvalue weighted by Crippen LogP contribution is -2.47. The van der Waals surface area contributed by atoms with E-state index in [2.05, 4.69) is 5.32 Å². The number of nitrogens with one attached hydrogen (secondary N) is 1. The molecule has 1 amide bonds. The Bertz CT molecular complexity index is 537. The number of aryl methyl sites for hydroxylation is 1. The van der Waals surface area contributed by atoms with Gasteiger partial charge in [0.15, 0.2) is 0 Å². The number of methoxy groups -OCH3 is 1. The third-order valence-corrected chi connectivity index (χ3v) is 4.86. The molecule has 0 aromatic carbocycles. The van der Waals surface area contributed by atoms with Crippen LogP contribution < -0.4 is 5.32 Å². The van der Waals surface area contributed by atoms with Crippen molar-refractivity contribution in [2.24, 2.45) is 24.8 Å². The first kappa shape index (κ1) is 13.2. The molecule has 4 unspecified atom stereocenters. The zero-order valence-electron chi connectivity index (χ0n) is 11.8. The molecule has 0 spiro atoms. The van der Waals surface area contributed by atoms with Crippen LogP contribution in [0.2, 0.25) is 0 Å². The summed E-state index contributed by atoms with van der Waals surface area (Å²) in [5, 5.41) is 3.06. The summed E-state index contributed by atoms with van der Waals surface area (Å²) in [6.45, 7) is 0. The van der Waals surface area contributed by atoms with Gasteiger partial charge in [-0.3, -0.25) is 9.59 Å². The van der Waals surface area contributed by atoms with Crippen LogP contribution in [0, 0.1) is 17.8 Å². The topological polar surface area (TPSA) is 60.3 Å². The highest BCUT2D eigenvalue weighted by Gasteiger charge is 2.52. The number of amides is 1. The maximum absolute atomic E-state index is 12.3. The summed E-state index contributed by atoms with van der Waals surface area (Å²) < 4.78 is 6.70. The first-order valence-electron chi connectivity index (χ1n) is 7.12. The van der Waals surface area contributed by atoms with Crippen LogP contribution in [-0.4, -0.2) is 29.6 Å². The van der Waals surface area contributed by atoms with Crippen molar-refractivity contribution in [1.82, 2.24) is 9.88 Å². The van der Waals surface area contributed by atoms with Crippen molar-refractivity contribution in [2.45, 2.75) is 25.3 Å². The minimum atomic E-state index is -0.186. The van der Waals surface area contributed by atoms with Crippen molar-refractivity contribution >= 4 is 11.9 Å². The van der Waals surface area contributed by atoms with Gasteiger partial charge in [0.2, 0.25) is 0 Å². The number of rotatable bonds is 3. The highest BCUT2D eigenvalue weighted by Crippen LogP contribution is 2.48. The first-order valence-corrected chi connectivity index (χ1v) is 7.12. The van der Waals surface area contributed by atoms with Gasteiger partial charge >= 0.3 is 5.97 Å². The van der Waals surface area contributed by atoms with Crippen molar-refractivity contribution in [3.63, 3.8) is 0 Å². The fraction of sp³-hybridized carbons (Fsp3) is 0.600. The SMILES string of the molecule is COC(=O)C1C2CCC(C2)C1NC(=O)c1cccn1C. The highest BCUT2D eigenvalue weighted by atomic mass is 16.5. The largest absolute Gasteiger partial charge is 0.469 e. The lowest BCUT2D eigenvalue weighted by Gasteiger charge is -2.29. The molecule has 0 aliphatic heterocycles. The molecule has 5 nitrogen and oxygen atoms in total. The molecule has 1 N–H and O–H groups in total. The summed E-state index contributed by atoms with van der Waals surface area (Å²) in [6, 6.07) is 3.55. The predicted molar refractivity (Wildman–Crippen MR) is 73.0 cm³/mol. The standard InChI is InChI=1S/C15H20N2O3/c1-17-7-3-4-11(17)14(18)16-13-10-6-5-9(8-10)12(13)15(19)20-2/h3-4,7,9-10,12-13H,5-6,8H2,1-2H3,(H,16,18). The van der Waals surface area contributed by atoms with E-state index < -0.39 is 0 Å². The third kappa shape index (κ3) is 2.01. The van der Waals surface area contributed by atoms with Crippen molar-refractivity contribution in [2.75, 3.05) is 7.11 Å². The van der Waals surface area contributed by atoms with Crippen LogP contribution in [0.5, 0.6) is 0 Å². The molecule has 2 bridgehead atoms. The van der Waals surface area contributed by atoms with Crippen LogP contribution in [0.25, 0.3) is 0 Å². The van der Waals surface area contributed by atoms with Crippen molar-refractivity contribution in [1.29, 1.82) is 0 Å². The molecule has 1 heterocycles. The molecule has 0 saturated heterocycles. The second kappa shape index (κ2) is 4.96. The summed E-state index contributed by atoms with van der Waals surface area (Å²) in [7, 11) is 3.26. The van der Waals surface area contributed by atoms with Gasteiger partial charge in [0.1, 0.15) is 5.69 Å². The van der Waals surface area contributed by atoms with Gasteiger partial charge in [-0.2, -0.15) is 0 Å². The minimum absolute atomic E-state index is 0.0800. The zero-order chi connectivity index (χ0) is 14.3. The number of fused-ring (bicyclic) bond motifs is 2. The number of aromatic nitrogens is 1. The molecule has 1 aromatic heterocycles. The van der Waals surface area contributed by atoms with E-state index in [1.807, 2.05) is 19.3 Å². The maximum atomic E-state index is 12.3. The number of ether oxygens (including phenoxy) is 1. The van der Waals surface area contributed by atoms with Gasteiger partial charge in [-0.05, 0) is 43.2 Å². The van der Waals surface area contributed by atoms with E-state index in [0.29, 0.717) is 17.5 Å². The van der Waals surface area contributed by atoms with E-state index in [1.54, 1.807) is 10.6 Å². The van der Waals surface area contributed by atoms with Crippen LogP contribution >= 0.6 is 0 Å². The summed E-state index contributed by atoms with van der Waals surface area (Å²) in [4.78, 5) is 24.3. The van der Waals surface area contributed by atoms with Crippen LogP contribution in [0.4, 0.5) is 0 Å². The van der Waals surface area contributed by atoms with E-state index in [4.69, 9.17) is 4.74 Å². The summed E-state index contributed by atoms with van der Waals surface area (Å²) in [6.07, 6.45) is 5.03. The van der Waals surface area contributed by atoms with Crippen LogP contribution in [0.3, 0.4) is 0 Å². The predicted octanol–water partition coefficient (Wildman–Crippen LogP) is 1.34. The smallest absolute Gasteiger partial charge is 0.311 e. The Balaban J connectivity index is 1.77. The molecule has 0 radical (unpaired) electrons. The number of carbonyl (C=O) groups is 2. The molecular weight excluding hydrogens is 256 g/mol. The Morgan fingerprint density at radius 2 is 2.10 bits per heavy atom. The monoisotopic (exact) mass is 276 g/mol. The van der Waals surface area contributed by atoms with E-state index in [9.17, 15) is 9.59 Å². The molecule has 20 heavy (non-hydrogen) atoms. The molecule has 3 rings (SSSR count). The van der Waals surface area contributed by atoms with E-state index in [1.165, 1.54) is 7.11 Å². The summed E-state index contributed by atoms with van der Waals surface area (Å²) >= 11 is 0. The normalized spacial score (nSPS) is 31.3. The molecule has 108 valence electrons. The van der Waals surface area contributed by atoms with Gasteiger partial charge in [0.05, 0.1) is 13.0 Å². The first-order chi connectivity index (χ1) is 9.61. The van der Waals surface area contributed by atoms with E-state index in [0.717, 1.165) is 19.3 Å². The molecule has 4 atom stereocenters. The highest BCUT2D eigenvalue weighted by molar-refractivity contribution is 5.93. The summed E-state index contributed by atoms with van der Waals surface area (Å²) in [5.74, 6) is 0.306. The molecule has 5 heteroatoms. The average molecular weight is 276 g/mol. The molecule has 2 aliphatic carbocycles. The number of hydrogen-bond donors (Lipinski definition) is 1. The van der Waals surface area contributed by atoms with Crippen LogP contribution in [0.1, 0.15) is 29.8 Å². The van der Waals surface area contributed by atoms with Gasteiger partial charge in [0.25, 0.3) is 5.91 Å². The van der Waals surface area contributed by atoms with Crippen molar-refractivity contribution in [3.05, 3.63) is 24.0 Å². The van der Waals surface area contributed by atoms with E-state index >= 15 is 0 Å². The number of nitrogens with zero attached hydrogens (tertiary/aromatic N) is 1. The average Bonchev–Trinajstić information content (AvgIpc) is 3.13. The van der Waals surface area contributed by atoms with Gasteiger partial charge < -0.3 is 14.6 Å². The molecular formula is C15H20N2O3. The number of carbonyl (C=O) groups excluding carboxylic acids is 2. The van der Waals surface area contributed by atoms with Crippen LogP contribution in [-0.2, 0) is 16.6 Å². The molecule has 1 aromatic rings. The number of hydrogen-bond acceptors (Lipinski definition) is 3. The van der Waals surface area contributed by atoms with Gasteiger partial charge in [-0.1, -0.05) is 0 Å².